The summed E-state index contributed by atoms with van der Waals surface area (Å²) in [5, 5.41) is 9.56. The third-order valence-corrected chi connectivity index (χ3v) is 5.99. The number of Topliss-reactive ketones (excluding diaryl/α,β-unsaturated/α-hetero) is 1. The summed E-state index contributed by atoms with van der Waals surface area (Å²) in [5.41, 5.74) is 0.617. The molecule has 0 N–H and O–H groups in total. The van der Waals surface area contributed by atoms with Gasteiger partial charge in [0.25, 0.3) is 0 Å². The van der Waals surface area contributed by atoms with Crippen LogP contribution in [-0.4, -0.2) is 10.8 Å². The van der Waals surface area contributed by atoms with Gasteiger partial charge >= 0.3 is 0 Å². The SMILES string of the molecule is N#CC(C(=O)C12CC3CC(CC(C3)C1)C2)c1ccncc1. The second-order valence-corrected chi connectivity index (χ2v) is 7.40. The number of carbonyl (C=O) groups excluding carboxylic acids is 1. The van der Waals surface area contributed by atoms with Gasteiger partial charge in [-0.3, -0.25) is 9.78 Å². The molecule has 4 aliphatic rings. The number of nitrogens with zero attached hydrogens (tertiary/aromatic N) is 2. The van der Waals surface area contributed by atoms with Crippen LogP contribution in [0.4, 0.5) is 0 Å². The van der Waals surface area contributed by atoms with Crippen molar-refractivity contribution in [3.05, 3.63) is 30.1 Å². The highest BCUT2D eigenvalue weighted by molar-refractivity contribution is 5.93. The molecule has 4 aliphatic carbocycles. The lowest BCUT2D eigenvalue weighted by Crippen LogP contribution is -2.51. The zero-order valence-corrected chi connectivity index (χ0v) is 12.2. The molecule has 0 amide bonds. The molecule has 1 atom stereocenters. The van der Waals surface area contributed by atoms with E-state index in [1.165, 1.54) is 19.3 Å². The van der Waals surface area contributed by atoms with Crippen LogP contribution in [0.2, 0.25) is 0 Å². The van der Waals surface area contributed by atoms with Gasteiger partial charge in [0.1, 0.15) is 5.92 Å². The van der Waals surface area contributed by atoms with Crippen molar-refractivity contribution in [3.63, 3.8) is 0 Å². The molecule has 0 aromatic carbocycles. The predicted molar refractivity (Wildman–Crippen MR) is 78.2 cm³/mol. The fraction of sp³-hybridized carbons (Fsp3) is 0.611. The first-order valence-corrected chi connectivity index (χ1v) is 8.04. The zero-order valence-electron chi connectivity index (χ0n) is 12.2. The maximum absolute atomic E-state index is 13.2. The van der Waals surface area contributed by atoms with Gasteiger partial charge in [0, 0.05) is 17.8 Å². The van der Waals surface area contributed by atoms with E-state index in [2.05, 4.69) is 11.1 Å². The Morgan fingerprint density at radius 2 is 1.67 bits per heavy atom. The molecule has 0 saturated heterocycles. The van der Waals surface area contributed by atoms with Crippen molar-refractivity contribution in [1.82, 2.24) is 4.98 Å². The Bertz CT molecular complexity index is 566. The predicted octanol–water partition coefficient (Wildman–Crippen LogP) is 3.47. The van der Waals surface area contributed by atoms with Gasteiger partial charge in [-0.05, 0) is 74.0 Å². The zero-order chi connectivity index (χ0) is 14.4. The number of hydrogen-bond acceptors (Lipinski definition) is 3. The Kier molecular flexibility index (Phi) is 2.89. The van der Waals surface area contributed by atoms with Crippen LogP contribution in [0.15, 0.2) is 24.5 Å². The van der Waals surface area contributed by atoms with Crippen molar-refractivity contribution >= 4 is 5.78 Å². The second-order valence-electron chi connectivity index (χ2n) is 7.40. The first-order chi connectivity index (χ1) is 10.2. The van der Waals surface area contributed by atoms with Crippen molar-refractivity contribution in [2.45, 2.75) is 44.4 Å². The lowest BCUT2D eigenvalue weighted by atomic mass is 9.47. The highest BCUT2D eigenvalue weighted by Crippen LogP contribution is 2.61. The van der Waals surface area contributed by atoms with E-state index in [1.54, 1.807) is 12.4 Å². The molecule has 5 rings (SSSR count). The molecule has 1 aromatic rings. The lowest BCUT2D eigenvalue weighted by molar-refractivity contribution is -0.144. The maximum Gasteiger partial charge on any atom is 0.160 e. The third kappa shape index (κ3) is 2.00. The van der Waals surface area contributed by atoms with Gasteiger partial charge in [0.05, 0.1) is 6.07 Å². The Morgan fingerprint density at radius 3 is 2.14 bits per heavy atom. The Labute approximate surface area is 125 Å². The Morgan fingerprint density at radius 1 is 1.14 bits per heavy atom. The summed E-state index contributed by atoms with van der Waals surface area (Å²) < 4.78 is 0. The highest BCUT2D eigenvalue weighted by Gasteiger charge is 2.55. The van der Waals surface area contributed by atoms with Crippen molar-refractivity contribution in [2.75, 3.05) is 0 Å². The van der Waals surface area contributed by atoms with Gasteiger partial charge in [-0.15, -0.1) is 0 Å². The molecule has 0 spiro atoms. The summed E-state index contributed by atoms with van der Waals surface area (Å²) in [7, 11) is 0. The third-order valence-electron chi connectivity index (χ3n) is 5.99. The van der Waals surface area contributed by atoms with Crippen molar-refractivity contribution < 1.29 is 4.79 Å². The Hall–Kier alpha value is -1.69. The first kappa shape index (κ1) is 13.0. The average Bonchev–Trinajstić information content (AvgIpc) is 2.47. The topological polar surface area (TPSA) is 53.8 Å². The number of rotatable bonds is 3. The maximum atomic E-state index is 13.2. The summed E-state index contributed by atoms with van der Waals surface area (Å²) in [6.07, 6.45) is 10.4. The van der Waals surface area contributed by atoms with Crippen LogP contribution in [0.1, 0.15) is 50.0 Å². The molecule has 108 valence electrons. The molecule has 0 radical (unpaired) electrons. The lowest BCUT2D eigenvalue weighted by Gasteiger charge is -2.56. The molecular formula is C18H20N2O. The molecular weight excluding hydrogens is 260 g/mol. The molecule has 0 aliphatic heterocycles. The van der Waals surface area contributed by atoms with Gasteiger partial charge in [-0.1, -0.05) is 0 Å². The number of pyridine rings is 1. The van der Waals surface area contributed by atoms with Crippen molar-refractivity contribution in [3.8, 4) is 6.07 Å². The highest BCUT2D eigenvalue weighted by atomic mass is 16.1. The second kappa shape index (κ2) is 4.66. The molecule has 1 unspecified atom stereocenters. The van der Waals surface area contributed by atoms with Crippen LogP contribution in [0, 0.1) is 34.5 Å². The van der Waals surface area contributed by atoms with Gasteiger partial charge in [-0.25, -0.2) is 0 Å². The summed E-state index contributed by atoms with van der Waals surface area (Å²) in [6.45, 7) is 0. The number of hydrogen-bond donors (Lipinski definition) is 0. The smallest absolute Gasteiger partial charge is 0.160 e. The normalized spacial score (nSPS) is 38.0. The van der Waals surface area contributed by atoms with E-state index in [9.17, 15) is 10.1 Å². The molecule has 4 saturated carbocycles. The van der Waals surface area contributed by atoms with E-state index < -0.39 is 5.92 Å². The van der Waals surface area contributed by atoms with Gasteiger partial charge in [0.2, 0.25) is 0 Å². The standard InChI is InChI=1S/C18H20N2O/c19-11-16(15-1-3-20-4-2-15)17(21)18-8-12-5-13(9-18)7-14(6-12)10-18/h1-4,12-14,16H,5-10H2. The minimum Gasteiger partial charge on any atom is -0.297 e. The summed E-state index contributed by atoms with van der Waals surface area (Å²) in [5.74, 6) is 1.78. The minimum absolute atomic E-state index is 0.190. The molecule has 4 fully saturated rings. The van der Waals surface area contributed by atoms with E-state index in [0.29, 0.717) is 0 Å². The van der Waals surface area contributed by atoms with Crippen LogP contribution in [0.3, 0.4) is 0 Å². The molecule has 4 bridgehead atoms. The van der Waals surface area contributed by atoms with Crippen molar-refractivity contribution in [2.24, 2.45) is 23.2 Å². The van der Waals surface area contributed by atoms with Crippen LogP contribution in [-0.2, 0) is 4.79 Å². The molecule has 1 aromatic heterocycles. The Balaban J connectivity index is 1.66. The van der Waals surface area contributed by atoms with Crippen molar-refractivity contribution in [1.29, 1.82) is 5.26 Å². The van der Waals surface area contributed by atoms with Crippen LogP contribution in [0.5, 0.6) is 0 Å². The monoisotopic (exact) mass is 280 g/mol. The van der Waals surface area contributed by atoms with E-state index in [4.69, 9.17) is 0 Å². The molecule has 1 heterocycles. The first-order valence-electron chi connectivity index (χ1n) is 8.04. The minimum atomic E-state index is -0.607. The van der Waals surface area contributed by atoms with Gasteiger partial charge < -0.3 is 0 Å². The average molecular weight is 280 g/mol. The molecule has 21 heavy (non-hydrogen) atoms. The van der Waals surface area contributed by atoms with Crippen LogP contribution >= 0.6 is 0 Å². The number of nitriles is 1. The van der Waals surface area contributed by atoms with E-state index in [0.717, 1.165) is 42.6 Å². The van der Waals surface area contributed by atoms with Crippen LogP contribution < -0.4 is 0 Å². The summed E-state index contributed by atoms with van der Waals surface area (Å²) >= 11 is 0. The molecule has 3 nitrogen and oxygen atoms in total. The van der Waals surface area contributed by atoms with Gasteiger partial charge in [0.15, 0.2) is 5.78 Å². The van der Waals surface area contributed by atoms with Crippen LogP contribution in [0.25, 0.3) is 0 Å². The quantitative estimate of drug-likeness (QED) is 0.851. The number of carbonyl (C=O) groups is 1. The van der Waals surface area contributed by atoms with E-state index >= 15 is 0 Å². The summed E-state index contributed by atoms with van der Waals surface area (Å²) in [6, 6.07) is 5.89. The van der Waals surface area contributed by atoms with Gasteiger partial charge in [-0.2, -0.15) is 5.26 Å². The number of aromatic nitrogens is 1. The molecule has 3 heteroatoms. The number of ketones is 1. The largest absolute Gasteiger partial charge is 0.297 e. The fourth-order valence-electron chi connectivity index (χ4n) is 5.56. The summed E-state index contributed by atoms with van der Waals surface area (Å²) in [4.78, 5) is 17.2. The van der Waals surface area contributed by atoms with E-state index in [-0.39, 0.29) is 11.2 Å². The van der Waals surface area contributed by atoms with E-state index in [1.807, 2.05) is 12.1 Å². The fourth-order valence-corrected chi connectivity index (χ4v) is 5.56.